The molecule has 2 amide bonds. The van der Waals surface area contributed by atoms with E-state index in [1.165, 1.54) is 12.8 Å². The summed E-state index contributed by atoms with van der Waals surface area (Å²) in [5.41, 5.74) is 2.50. The summed E-state index contributed by atoms with van der Waals surface area (Å²) in [6.45, 7) is 3.35. The third-order valence-corrected chi connectivity index (χ3v) is 5.40. The molecule has 0 aliphatic rings. The van der Waals surface area contributed by atoms with Gasteiger partial charge in [0.2, 0.25) is 0 Å². The number of carbonyl (C=O) groups excluding carboxylic acids is 2. The number of amides is 2. The first-order valence-corrected chi connectivity index (χ1v) is 11.5. The summed E-state index contributed by atoms with van der Waals surface area (Å²) in [7, 11) is 1.76. The molecule has 0 radical (unpaired) electrons. The van der Waals surface area contributed by atoms with Crippen molar-refractivity contribution in [3.63, 3.8) is 0 Å². The largest absolute Gasteiger partial charge is 0.494 e. The number of anilines is 1. The van der Waals surface area contributed by atoms with Crippen molar-refractivity contribution in [2.24, 2.45) is 0 Å². The molecule has 3 aromatic carbocycles. The number of benzene rings is 3. The van der Waals surface area contributed by atoms with E-state index in [2.05, 4.69) is 12.2 Å². The average molecular weight is 445 g/mol. The average Bonchev–Trinajstić information content (AvgIpc) is 2.85. The Labute approximate surface area is 196 Å². The summed E-state index contributed by atoms with van der Waals surface area (Å²) in [5.74, 6) is 0.332. The fraction of sp³-hybridized carbons (Fsp3) is 0.286. The quantitative estimate of drug-likeness (QED) is 0.360. The van der Waals surface area contributed by atoms with Gasteiger partial charge in [-0.2, -0.15) is 0 Å². The molecule has 172 valence electrons. The fourth-order valence-corrected chi connectivity index (χ4v) is 3.53. The minimum Gasteiger partial charge on any atom is -0.494 e. The van der Waals surface area contributed by atoms with E-state index < -0.39 is 0 Å². The molecule has 0 aliphatic heterocycles. The molecule has 0 bridgehead atoms. The zero-order valence-corrected chi connectivity index (χ0v) is 19.4. The zero-order valence-electron chi connectivity index (χ0n) is 19.4. The van der Waals surface area contributed by atoms with E-state index in [1.54, 1.807) is 60.5 Å². The number of para-hydroxylation sites is 1. The van der Waals surface area contributed by atoms with Crippen LogP contribution in [0.25, 0.3) is 0 Å². The van der Waals surface area contributed by atoms with Gasteiger partial charge in [0, 0.05) is 19.2 Å². The van der Waals surface area contributed by atoms with Gasteiger partial charge < -0.3 is 15.0 Å². The van der Waals surface area contributed by atoms with Crippen molar-refractivity contribution in [3.8, 4) is 5.75 Å². The normalized spacial score (nSPS) is 10.5. The van der Waals surface area contributed by atoms with Crippen molar-refractivity contribution in [3.05, 3.63) is 95.6 Å². The Hall–Kier alpha value is -3.60. The molecule has 0 aromatic heterocycles. The molecule has 33 heavy (non-hydrogen) atoms. The van der Waals surface area contributed by atoms with Crippen molar-refractivity contribution in [2.75, 3.05) is 19.0 Å². The van der Waals surface area contributed by atoms with E-state index in [1.807, 2.05) is 30.3 Å². The maximum atomic E-state index is 13.1. The van der Waals surface area contributed by atoms with Crippen LogP contribution < -0.4 is 10.1 Å². The second kappa shape index (κ2) is 12.4. The maximum Gasteiger partial charge on any atom is 0.256 e. The lowest BCUT2D eigenvalue weighted by atomic mass is 10.1. The smallest absolute Gasteiger partial charge is 0.256 e. The molecule has 0 heterocycles. The number of hydrogen-bond donors (Lipinski definition) is 1. The van der Waals surface area contributed by atoms with Crippen molar-refractivity contribution in [1.82, 2.24) is 4.90 Å². The molecule has 0 aliphatic carbocycles. The summed E-state index contributed by atoms with van der Waals surface area (Å²) in [4.78, 5) is 27.5. The lowest BCUT2D eigenvalue weighted by Crippen LogP contribution is -2.27. The first-order valence-electron chi connectivity index (χ1n) is 11.5. The van der Waals surface area contributed by atoms with Gasteiger partial charge in [0.1, 0.15) is 5.75 Å². The van der Waals surface area contributed by atoms with E-state index in [0.29, 0.717) is 30.0 Å². The molecule has 0 saturated carbocycles. The minimum absolute atomic E-state index is 0.151. The third-order valence-electron chi connectivity index (χ3n) is 5.40. The molecule has 0 atom stereocenters. The van der Waals surface area contributed by atoms with Crippen molar-refractivity contribution >= 4 is 17.5 Å². The van der Waals surface area contributed by atoms with Crippen LogP contribution in [0.1, 0.15) is 58.9 Å². The van der Waals surface area contributed by atoms with Crippen LogP contribution in [0.15, 0.2) is 78.9 Å². The first kappa shape index (κ1) is 24.1. The SMILES string of the molecule is CCCCCCOc1ccc(C(=O)Nc2ccccc2C(=O)N(C)Cc2ccccc2)cc1. The van der Waals surface area contributed by atoms with Crippen LogP contribution in [0.2, 0.25) is 0 Å². The van der Waals surface area contributed by atoms with Crippen molar-refractivity contribution < 1.29 is 14.3 Å². The van der Waals surface area contributed by atoms with Gasteiger partial charge in [-0.15, -0.1) is 0 Å². The highest BCUT2D eigenvalue weighted by molar-refractivity contribution is 6.09. The molecule has 0 fully saturated rings. The molecule has 0 unspecified atom stereocenters. The highest BCUT2D eigenvalue weighted by Crippen LogP contribution is 2.20. The Morgan fingerprint density at radius 2 is 1.55 bits per heavy atom. The van der Waals surface area contributed by atoms with Gasteiger partial charge in [0.05, 0.1) is 17.9 Å². The second-order valence-electron chi connectivity index (χ2n) is 8.08. The van der Waals surface area contributed by atoms with Crippen molar-refractivity contribution in [2.45, 2.75) is 39.2 Å². The first-order chi connectivity index (χ1) is 16.1. The molecule has 1 N–H and O–H groups in total. The summed E-state index contributed by atoms with van der Waals surface area (Å²) < 4.78 is 5.75. The van der Waals surface area contributed by atoms with E-state index in [0.717, 1.165) is 24.2 Å². The van der Waals surface area contributed by atoms with E-state index >= 15 is 0 Å². The van der Waals surface area contributed by atoms with Gasteiger partial charge in [-0.05, 0) is 48.4 Å². The van der Waals surface area contributed by atoms with Crippen LogP contribution in [0.4, 0.5) is 5.69 Å². The summed E-state index contributed by atoms with van der Waals surface area (Å²) in [6.07, 6.45) is 4.60. The van der Waals surface area contributed by atoms with Gasteiger partial charge in [-0.25, -0.2) is 0 Å². The molecule has 3 aromatic rings. The molecule has 3 rings (SSSR count). The maximum absolute atomic E-state index is 13.1. The topological polar surface area (TPSA) is 58.6 Å². The Morgan fingerprint density at radius 1 is 0.848 bits per heavy atom. The summed E-state index contributed by atoms with van der Waals surface area (Å²) in [6, 6.07) is 24.0. The highest BCUT2D eigenvalue weighted by Gasteiger charge is 2.17. The van der Waals surface area contributed by atoms with Crippen LogP contribution in [0.5, 0.6) is 5.75 Å². The van der Waals surface area contributed by atoms with Gasteiger partial charge in [0.25, 0.3) is 11.8 Å². The molecular formula is C28H32N2O3. The van der Waals surface area contributed by atoms with Gasteiger partial charge in [0.15, 0.2) is 0 Å². The van der Waals surface area contributed by atoms with Gasteiger partial charge in [-0.3, -0.25) is 9.59 Å². The highest BCUT2D eigenvalue weighted by atomic mass is 16.5. The Kier molecular flexibility index (Phi) is 9.07. The summed E-state index contributed by atoms with van der Waals surface area (Å²) in [5, 5.41) is 2.89. The fourth-order valence-electron chi connectivity index (χ4n) is 3.53. The van der Waals surface area contributed by atoms with Crippen LogP contribution in [-0.2, 0) is 6.54 Å². The number of nitrogens with zero attached hydrogens (tertiary/aromatic N) is 1. The standard InChI is InChI=1S/C28H32N2O3/c1-3-4-5-11-20-33-24-18-16-23(17-19-24)27(31)29-26-15-10-9-14-25(26)28(32)30(2)21-22-12-7-6-8-13-22/h6-10,12-19H,3-5,11,20-21H2,1-2H3,(H,29,31). The lowest BCUT2D eigenvalue weighted by molar-refractivity contribution is 0.0786. The van der Waals surface area contributed by atoms with E-state index in [-0.39, 0.29) is 11.8 Å². The van der Waals surface area contributed by atoms with Crippen LogP contribution in [-0.4, -0.2) is 30.4 Å². The number of nitrogens with one attached hydrogen (secondary N) is 1. The minimum atomic E-state index is -0.268. The predicted octanol–water partition coefficient (Wildman–Crippen LogP) is 6.17. The number of unbranched alkanes of at least 4 members (excludes halogenated alkanes) is 3. The van der Waals surface area contributed by atoms with Crippen LogP contribution in [0, 0.1) is 0 Å². The van der Waals surface area contributed by atoms with Crippen molar-refractivity contribution in [1.29, 1.82) is 0 Å². The van der Waals surface area contributed by atoms with Crippen LogP contribution >= 0.6 is 0 Å². The zero-order chi connectivity index (χ0) is 23.5. The number of rotatable bonds is 11. The predicted molar refractivity (Wildman–Crippen MR) is 133 cm³/mol. The van der Waals surface area contributed by atoms with E-state index in [9.17, 15) is 9.59 Å². The van der Waals surface area contributed by atoms with Crippen LogP contribution in [0.3, 0.4) is 0 Å². The molecule has 5 nitrogen and oxygen atoms in total. The Bertz CT molecular complexity index is 1030. The number of ether oxygens (including phenoxy) is 1. The van der Waals surface area contributed by atoms with Gasteiger partial charge in [-0.1, -0.05) is 68.7 Å². The Balaban J connectivity index is 1.61. The number of carbonyl (C=O) groups is 2. The number of hydrogen-bond acceptors (Lipinski definition) is 3. The molecule has 0 saturated heterocycles. The summed E-state index contributed by atoms with van der Waals surface area (Å²) >= 11 is 0. The van der Waals surface area contributed by atoms with E-state index in [4.69, 9.17) is 4.74 Å². The monoisotopic (exact) mass is 444 g/mol. The molecular weight excluding hydrogens is 412 g/mol. The third kappa shape index (κ3) is 7.21. The Morgan fingerprint density at radius 3 is 2.27 bits per heavy atom. The lowest BCUT2D eigenvalue weighted by Gasteiger charge is -2.19. The van der Waals surface area contributed by atoms with Gasteiger partial charge >= 0.3 is 0 Å². The second-order valence-corrected chi connectivity index (χ2v) is 8.08. The molecule has 0 spiro atoms. The molecule has 5 heteroatoms.